The van der Waals surface area contributed by atoms with E-state index in [1.165, 1.54) is 51.6 Å². The summed E-state index contributed by atoms with van der Waals surface area (Å²) in [6, 6.07) is 0. The molecule has 0 radical (unpaired) electrons. The molecule has 0 aromatic carbocycles. The molecular formula is C16H32N2O. The van der Waals surface area contributed by atoms with Gasteiger partial charge in [0.25, 0.3) is 0 Å². The maximum atomic E-state index is 6.27. The van der Waals surface area contributed by atoms with Crippen molar-refractivity contribution in [3.63, 3.8) is 0 Å². The summed E-state index contributed by atoms with van der Waals surface area (Å²) in [6.07, 6.45) is 7.86. The molecule has 0 aromatic rings. The molecule has 2 rings (SSSR count). The molecule has 1 aliphatic carbocycles. The average molecular weight is 268 g/mol. The summed E-state index contributed by atoms with van der Waals surface area (Å²) >= 11 is 0. The Morgan fingerprint density at radius 2 is 1.79 bits per heavy atom. The number of rotatable bonds is 4. The van der Waals surface area contributed by atoms with Crippen molar-refractivity contribution in [1.82, 2.24) is 4.90 Å². The number of hydrogen-bond donors (Lipinski definition) is 1. The lowest BCUT2D eigenvalue weighted by Gasteiger charge is -2.57. The normalized spacial score (nSPS) is 33.5. The minimum atomic E-state index is 0.239. The summed E-state index contributed by atoms with van der Waals surface area (Å²) in [6.45, 7) is 9.01. The smallest absolute Gasteiger partial charge is 0.0491 e. The monoisotopic (exact) mass is 268 g/mol. The molecular weight excluding hydrogens is 236 g/mol. The Morgan fingerprint density at radius 3 is 2.32 bits per heavy atom. The Kier molecular flexibility index (Phi) is 4.91. The summed E-state index contributed by atoms with van der Waals surface area (Å²) < 4.78 is 5.31. The highest BCUT2D eigenvalue weighted by molar-refractivity contribution is 5.05. The third-order valence-corrected chi connectivity index (χ3v) is 5.86. The second-order valence-electron chi connectivity index (χ2n) is 7.21. The Hall–Kier alpha value is -0.120. The maximum absolute atomic E-state index is 6.27. The molecule has 1 atom stereocenters. The van der Waals surface area contributed by atoms with Crippen LogP contribution in [0.5, 0.6) is 0 Å². The van der Waals surface area contributed by atoms with Crippen LogP contribution in [-0.4, -0.2) is 43.8 Å². The van der Waals surface area contributed by atoms with E-state index in [9.17, 15) is 0 Å². The minimum absolute atomic E-state index is 0.239. The number of ether oxygens (including phenoxy) is 1. The maximum Gasteiger partial charge on any atom is 0.0491 e. The molecule has 0 bridgehead atoms. The number of nitrogens with zero attached hydrogens (tertiary/aromatic N) is 1. The van der Waals surface area contributed by atoms with Gasteiger partial charge in [-0.25, -0.2) is 0 Å². The van der Waals surface area contributed by atoms with Gasteiger partial charge < -0.3 is 10.5 Å². The van der Waals surface area contributed by atoms with E-state index in [2.05, 4.69) is 18.7 Å². The van der Waals surface area contributed by atoms with Crippen molar-refractivity contribution in [3.05, 3.63) is 0 Å². The van der Waals surface area contributed by atoms with Crippen molar-refractivity contribution in [1.29, 1.82) is 0 Å². The molecule has 1 aliphatic heterocycles. The molecule has 1 saturated carbocycles. The van der Waals surface area contributed by atoms with Gasteiger partial charge in [0, 0.05) is 25.8 Å². The van der Waals surface area contributed by atoms with Gasteiger partial charge in [0.2, 0.25) is 0 Å². The number of methoxy groups -OCH3 is 1. The quantitative estimate of drug-likeness (QED) is 0.852. The van der Waals surface area contributed by atoms with E-state index in [0.29, 0.717) is 5.41 Å². The summed E-state index contributed by atoms with van der Waals surface area (Å²) in [5, 5.41) is 0. The van der Waals surface area contributed by atoms with Crippen LogP contribution in [0, 0.1) is 11.3 Å². The zero-order valence-electron chi connectivity index (χ0n) is 13.1. The van der Waals surface area contributed by atoms with Crippen molar-refractivity contribution < 1.29 is 4.74 Å². The number of likely N-dealkylation sites (tertiary alicyclic amines) is 1. The average Bonchev–Trinajstić information content (AvgIpc) is 2.40. The summed E-state index contributed by atoms with van der Waals surface area (Å²) in [5.74, 6) is 0.753. The second-order valence-corrected chi connectivity index (χ2v) is 7.21. The van der Waals surface area contributed by atoms with Crippen molar-refractivity contribution in [2.24, 2.45) is 17.1 Å². The minimum Gasteiger partial charge on any atom is -0.384 e. The lowest BCUT2D eigenvalue weighted by Crippen LogP contribution is -2.65. The molecule has 2 fully saturated rings. The molecule has 1 heterocycles. The van der Waals surface area contributed by atoms with Crippen molar-refractivity contribution >= 4 is 0 Å². The summed E-state index contributed by atoms with van der Waals surface area (Å²) in [4.78, 5) is 2.72. The van der Waals surface area contributed by atoms with Crippen LogP contribution in [0.3, 0.4) is 0 Å². The van der Waals surface area contributed by atoms with Crippen molar-refractivity contribution in [2.45, 2.75) is 57.9 Å². The van der Waals surface area contributed by atoms with E-state index in [-0.39, 0.29) is 5.54 Å². The van der Waals surface area contributed by atoms with Crippen molar-refractivity contribution in [2.75, 3.05) is 33.4 Å². The van der Waals surface area contributed by atoms with Gasteiger partial charge in [-0.1, -0.05) is 26.7 Å². The van der Waals surface area contributed by atoms with Crippen LogP contribution in [-0.2, 0) is 4.74 Å². The lowest BCUT2D eigenvalue weighted by molar-refractivity contribution is -0.0636. The van der Waals surface area contributed by atoms with Crippen molar-refractivity contribution in [3.8, 4) is 0 Å². The molecule has 3 nitrogen and oxygen atoms in total. The zero-order valence-corrected chi connectivity index (χ0v) is 13.1. The first-order chi connectivity index (χ1) is 9.05. The topological polar surface area (TPSA) is 38.5 Å². The molecule has 1 unspecified atom stereocenters. The third-order valence-electron chi connectivity index (χ3n) is 5.86. The molecule has 19 heavy (non-hydrogen) atoms. The van der Waals surface area contributed by atoms with Gasteiger partial charge in [0.15, 0.2) is 0 Å². The highest BCUT2D eigenvalue weighted by Crippen LogP contribution is 2.47. The molecule has 0 aromatic heterocycles. The van der Waals surface area contributed by atoms with E-state index in [0.717, 1.165) is 19.1 Å². The van der Waals surface area contributed by atoms with Gasteiger partial charge in [0.1, 0.15) is 0 Å². The molecule has 3 heteroatoms. The van der Waals surface area contributed by atoms with Crippen LogP contribution in [0.1, 0.15) is 52.4 Å². The van der Waals surface area contributed by atoms with Gasteiger partial charge in [-0.15, -0.1) is 0 Å². The first kappa shape index (κ1) is 15.3. The predicted octanol–water partition coefficient (Wildman–Crippen LogP) is 2.64. The number of nitrogens with two attached hydrogens (primary N) is 1. The van der Waals surface area contributed by atoms with Crippen LogP contribution in [0.25, 0.3) is 0 Å². The van der Waals surface area contributed by atoms with Gasteiger partial charge in [-0.05, 0) is 50.1 Å². The molecule has 112 valence electrons. The number of hydrogen-bond acceptors (Lipinski definition) is 3. The highest BCUT2D eigenvalue weighted by atomic mass is 16.5. The van der Waals surface area contributed by atoms with Crippen LogP contribution < -0.4 is 5.73 Å². The van der Waals surface area contributed by atoms with E-state index >= 15 is 0 Å². The fourth-order valence-corrected chi connectivity index (χ4v) is 4.41. The van der Waals surface area contributed by atoms with E-state index in [1.807, 2.05) is 7.11 Å². The summed E-state index contributed by atoms with van der Waals surface area (Å²) in [5.41, 5.74) is 6.87. The van der Waals surface area contributed by atoms with Crippen LogP contribution in [0.4, 0.5) is 0 Å². The van der Waals surface area contributed by atoms with Gasteiger partial charge >= 0.3 is 0 Å². The molecule has 2 N–H and O–H groups in total. The first-order valence-electron chi connectivity index (χ1n) is 8.00. The SMILES string of the molecule is COCC1CCN(C2(CN)CCCCC2(C)C)CC1. The van der Waals surface area contributed by atoms with Gasteiger partial charge in [-0.3, -0.25) is 4.90 Å². The Balaban J connectivity index is 2.06. The Labute approximate surface area is 118 Å². The van der Waals surface area contributed by atoms with E-state index in [1.54, 1.807) is 0 Å². The lowest BCUT2D eigenvalue weighted by atomic mass is 9.61. The van der Waals surface area contributed by atoms with E-state index in [4.69, 9.17) is 10.5 Å². The molecule has 1 saturated heterocycles. The Morgan fingerprint density at radius 1 is 1.16 bits per heavy atom. The zero-order chi connectivity index (χ0) is 13.9. The molecule has 0 spiro atoms. The van der Waals surface area contributed by atoms with Gasteiger partial charge in [0.05, 0.1) is 0 Å². The van der Waals surface area contributed by atoms with Crippen LogP contribution in [0.2, 0.25) is 0 Å². The number of piperidine rings is 1. The Bertz CT molecular complexity index is 284. The van der Waals surface area contributed by atoms with Gasteiger partial charge in [-0.2, -0.15) is 0 Å². The standard InChI is InChI=1S/C16H32N2O/c1-15(2)8-4-5-9-16(15,13-17)18-10-6-14(7-11-18)12-19-3/h14H,4-13,17H2,1-3H3. The highest BCUT2D eigenvalue weighted by Gasteiger charge is 2.49. The predicted molar refractivity (Wildman–Crippen MR) is 80.2 cm³/mol. The second kappa shape index (κ2) is 6.11. The molecule has 2 aliphatic rings. The van der Waals surface area contributed by atoms with E-state index < -0.39 is 0 Å². The first-order valence-corrected chi connectivity index (χ1v) is 8.00. The van der Waals surface area contributed by atoms with Crippen LogP contribution in [0.15, 0.2) is 0 Å². The summed E-state index contributed by atoms with van der Waals surface area (Å²) in [7, 11) is 1.82. The fourth-order valence-electron chi connectivity index (χ4n) is 4.41. The third kappa shape index (κ3) is 2.84. The molecule has 0 amide bonds. The largest absolute Gasteiger partial charge is 0.384 e. The fraction of sp³-hybridized carbons (Fsp3) is 1.00. The van der Waals surface area contributed by atoms with Crippen LogP contribution >= 0.6 is 0 Å².